The van der Waals surface area contributed by atoms with E-state index >= 15 is 4.39 Å². The van der Waals surface area contributed by atoms with Crippen LogP contribution in [0.5, 0.6) is 0 Å². The summed E-state index contributed by atoms with van der Waals surface area (Å²) in [5, 5.41) is 9.33. The van der Waals surface area contributed by atoms with Gasteiger partial charge >= 0.3 is 5.97 Å². The predicted molar refractivity (Wildman–Crippen MR) is 145 cm³/mol. The molecule has 0 fully saturated rings. The average molecular weight is 522 g/mol. The van der Waals surface area contributed by atoms with Gasteiger partial charge in [-0.05, 0) is 61.9 Å². The number of carboxylic acid groups (broad SMARTS) is 1. The minimum atomic E-state index is -2.36. The second-order valence-corrected chi connectivity index (χ2v) is 9.05. The summed E-state index contributed by atoms with van der Waals surface area (Å²) in [7, 11) is 0. The van der Waals surface area contributed by atoms with Gasteiger partial charge in [0.15, 0.2) is 5.78 Å². The van der Waals surface area contributed by atoms with Crippen LogP contribution in [0.25, 0.3) is 27.7 Å². The van der Waals surface area contributed by atoms with Gasteiger partial charge in [0.2, 0.25) is 0 Å². The second-order valence-electron chi connectivity index (χ2n) is 9.05. The van der Waals surface area contributed by atoms with Crippen LogP contribution in [-0.4, -0.2) is 36.4 Å². The van der Waals surface area contributed by atoms with E-state index in [1.54, 1.807) is 67.7 Å². The summed E-state index contributed by atoms with van der Waals surface area (Å²) in [5.74, 6) is -3.67. The molecular weight excluding hydrogens is 497 g/mol. The highest BCUT2D eigenvalue weighted by Gasteiger charge is 2.41. The zero-order chi connectivity index (χ0) is 27.7. The van der Waals surface area contributed by atoms with E-state index in [0.29, 0.717) is 33.4 Å². The molecule has 0 unspecified atom stereocenters. The molecule has 0 aliphatic rings. The number of aromatic carboxylic acids is 1. The van der Waals surface area contributed by atoms with Crippen LogP contribution < -0.4 is 5.73 Å². The highest BCUT2D eigenvalue weighted by Crippen LogP contribution is 2.41. The number of carboxylic acids is 1. The second kappa shape index (κ2) is 9.94. The number of hydrogen-bond donors (Lipinski definition) is 2. The minimum Gasteiger partial charge on any atom is -0.478 e. The Bertz CT molecular complexity index is 1690. The fourth-order valence-electron chi connectivity index (χ4n) is 4.70. The maximum atomic E-state index is 17.7. The molecule has 0 radical (unpaired) electrons. The SMILES string of the molecule is CC(=O)C(=C(C)N)c1cnc2c(-c3ccc(C(=O)O)cc3)cn(C(F)(c3ccccn3)c3ccccn3)c2c1. The molecule has 3 N–H and O–H groups in total. The molecule has 0 aliphatic heterocycles. The lowest BCUT2D eigenvalue weighted by atomic mass is 10.0. The molecule has 0 spiro atoms. The number of rotatable bonds is 7. The van der Waals surface area contributed by atoms with Crippen LogP contribution in [0.3, 0.4) is 0 Å². The van der Waals surface area contributed by atoms with Crippen LogP contribution in [0.15, 0.2) is 97.2 Å². The highest BCUT2D eigenvalue weighted by molar-refractivity contribution is 6.20. The van der Waals surface area contributed by atoms with E-state index in [0.717, 1.165) is 0 Å². The predicted octanol–water partition coefficient (Wildman–Crippen LogP) is 5.19. The lowest BCUT2D eigenvalue weighted by Crippen LogP contribution is -2.33. The number of carbonyl (C=O) groups excluding carboxylic acids is 1. The lowest BCUT2D eigenvalue weighted by Gasteiger charge is -2.27. The maximum absolute atomic E-state index is 17.7. The van der Waals surface area contributed by atoms with Crippen LogP contribution in [0.2, 0.25) is 0 Å². The van der Waals surface area contributed by atoms with Gasteiger partial charge in [0.25, 0.3) is 5.79 Å². The van der Waals surface area contributed by atoms with Gasteiger partial charge in [0.1, 0.15) is 11.4 Å². The largest absolute Gasteiger partial charge is 0.478 e. The van der Waals surface area contributed by atoms with E-state index < -0.39 is 11.8 Å². The van der Waals surface area contributed by atoms with Gasteiger partial charge in [-0.25, -0.2) is 9.18 Å². The molecule has 4 heterocycles. The normalized spacial score (nSPS) is 12.3. The lowest BCUT2D eigenvalue weighted by molar-refractivity contribution is -0.111. The highest BCUT2D eigenvalue weighted by atomic mass is 19.1. The van der Waals surface area contributed by atoms with Gasteiger partial charge in [-0.1, -0.05) is 24.3 Å². The molecule has 8 nitrogen and oxygen atoms in total. The first-order valence-electron chi connectivity index (χ1n) is 12.1. The molecule has 0 amide bonds. The van der Waals surface area contributed by atoms with E-state index in [-0.39, 0.29) is 28.3 Å². The standard InChI is InChI=1S/C30H24FN5O3/c1-18(32)27(19(2)37)22-15-24-28(35-16-22)23(20-9-11-21(12-10-20)29(38)39)17-36(24)30(31,25-7-3-5-13-33-25)26-8-4-6-14-34-26/h3-17H,32H2,1-2H3,(H,38,39). The molecule has 0 saturated heterocycles. The summed E-state index contributed by atoms with van der Waals surface area (Å²) in [6, 6.07) is 17.8. The third kappa shape index (κ3) is 4.44. The summed E-state index contributed by atoms with van der Waals surface area (Å²) in [6.45, 7) is 3.03. The molecule has 0 atom stereocenters. The van der Waals surface area contributed by atoms with Crippen LogP contribution in [0.1, 0.15) is 41.2 Å². The third-order valence-corrected chi connectivity index (χ3v) is 6.46. The molecule has 0 saturated carbocycles. The van der Waals surface area contributed by atoms with Gasteiger partial charge in [-0.15, -0.1) is 0 Å². The number of ketones is 1. The first kappa shape index (κ1) is 25.5. The van der Waals surface area contributed by atoms with Crippen LogP contribution >= 0.6 is 0 Å². The molecule has 9 heteroatoms. The molecule has 5 rings (SSSR count). The van der Waals surface area contributed by atoms with Crippen LogP contribution in [0.4, 0.5) is 4.39 Å². The Morgan fingerprint density at radius 1 is 0.897 bits per heavy atom. The zero-order valence-corrected chi connectivity index (χ0v) is 21.2. The number of fused-ring (bicyclic) bond motifs is 1. The Morgan fingerprint density at radius 2 is 1.51 bits per heavy atom. The van der Waals surface area contributed by atoms with Crippen molar-refractivity contribution in [3.63, 3.8) is 0 Å². The number of halogens is 1. The number of carbonyl (C=O) groups is 2. The van der Waals surface area contributed by atoms with Crippen molar-refractivity contribution in [2.24, 2.45) is 5.73 Å². The number of aromatic nitrogens is 4. The van der Waals surface area contributed by atoms with Crippen molar-refractivity contribution in [3.05, 3.63) is 120 Å². The molecule has 39 heavy (non-hydrogen) atoms. The Hall–Kier alpha value is -5.18. The van der Waals surface area contributed by atoms with E-state index in [2.05, 4.69) is 15.0 Å². The fraction of sp³-hybridized carbons (Fsp3) is 0.100. The number of benzene rings is 1. The summed E-state index contributed by atoms with van der Waals surface area (Å²) in [4.78, 5) is 37.1. The van der Waals surface area contributed by atoms with Gasteiger partial charge in [-0.2, -0.15) is 0 Å². The van der Waals surface area contributed by atoms with E-state index in [1.807, 2.05) is 0 Å². The number of alkyl halides is 1. The summed E-state index contributed by atoms with van der Waals surface area (Å²) in [5.41, 5.74) is 9.36. The first-order valence-corrected chi connectivity index (χ1v) is 12.1. The van der Waals surface area contributed by atoms with Crippen LogP contribution in [-0.2, 0) is 10.6 Å². The number of hydrogen-bond acceptors (Lipinski definition) is 6. The van der Waals surface area contributed by atoms with Crippen molar-refractivity contribution in [2.45, 2.75) is 19.6 Å². The summed E-state index contributed by atoms with van der Waals surface area (Å²) in [6.07, 6.45) is 6.13. The van der Waals surface area contributed by atoms with Gasteiger partial charge in [0.05, 0.1) is 16.6 Å². The molecular formula is C30H24FN5O3. The molecule has 1 aromatic carbocycles. The Labute approximate surface area is 223 Å². The minimum absolute atomic E-state index is 0.0936. The van der Waals surface area contributed by atoms with Crippen molar-refractivity contribution in [2.75, 3.05) is 0 Å². The van der Waals surface area contributed by atoms with Crippen molar-refractivity contribution < 1.29 is 19.1 Å². The topological polar surface area (TPSA) is 124 Å². The Morgan fingerprint density at radius 3 is 2.00 bits per heavy atom. The number of Topliss-reactive ketones (excluding diaryl/α,β-unsaturated/α-hetero) is 1. The number of nitrogens with zero attached hydrogens (tertiary/aromatic N) is 4. The van der Waals surface area contributed by atoms with Gasteiger partial charge in [-0.3, -0.25) is 19.7 Å². The number of nitrogens with two attached hydrogens (primary N) is 1. The van der Waals surface area contributed by atoms with Crippen molar-refractivity contribution in [3.8, 4) is 11.1 Å². The van der Waals surface area contributed by atoms with Crippen LogP contribution in [0, 0.1) is 0 Å². The first-order chi connectivity index (χ1) is 18.7. The Kier molecular flexibility index (Phi) is 6.49. The summed E-state index contributed by atoms with van der Waals surface area (Å²) < 4.78 is 19.1. The smallest absolute Gasteiger partial charge is 0.335 e. The zero-order valence-electron chi connectivity index (χ0n) is 21.2. The Balaban J connectivity index is 1.87. The third-order valence-electron chi connectivity index (χ3n) is 6.46. The van der Waals surface area contributed by atoms with E-state index in [4.69, 9.17) is 5.73 Å². The summed E-state index contributed by atoms with van der Waals surface area (Å²) >= 11 is 0. The van der Waals surface area contributed by atoms with E-state index in [1.165, 1.54) is 42.2 Å². The maximum Gasteiger partial charge on any atom is 0.335 e. The molecule has 5 aromatic rings. The molecule has 194 valence electrons. The number of allylic oxidation sites excluding steroid dienone is 2. The van der Waals surface area contributed by atoms with Crippen molar-refractivity contribution >= 4 is 28.4 Å². The molecule has 0 aliphatic carbocycles. The quantitative estimate of drug-likeness (QED) is 0.283. The van der Waals surface area contributed by atoms with Crippen molar-refractivity contribution in [1.82, 2.24) is 19.5 Å². The molecule has 0 bridgehead atoms. The van der Waals surface area contributed by atoms with Gasteiger partial charge < -0.3 is 15.4 Å². The average Bonchev–Trinajstić information content (AvgIpc) is 3.32. The monoisotopic (exact) mass is 521 g/mol. The number of pyridine rings is 3. The van der Waals surface area contributed by atoms with Crippen molar-refractivity contribution in [1.29, 1.82) is 0 Å². The van der Waals surface area contributed by atoms with Gasteiger partial charge in [0, 0.05) is 47.2 Å². The molecule has 4 aromatic heterocycles. The fourth-order valence-corrected chi connectivity index (χ4v) is 4.70. The van der Waals surface area contributed by atoms with E-state index in [9.17, 15) is 14.7 Å².